The average Bonchev–Trinajstić information content (AvgIpc) is 3.08. The number of nitrogens with two attached hydrogens (primary N) is 1. The summed E-state index contributed by atoms with van der Waals surface area (Å²) in [5.74, 6) is 0. The van der Waals surface area contributed by atoms with Gasteiger partial charge < -0.3 is 10.5 Å². The number of allylic oxidation sites excluding steroid dienone is 3. The summed E-state index contributed by atoms with van der Waals surface area (Å²) in [6.45, 7) is 4.09. The molecule has 1 unspecified atom stereocenters. The second-order valence-electron chi connectivity index (χ2n) is 7.62. The minimum Gasteiger partial charge on any atom is -0.400 e. The Kier molecular flexibility index (Phi) is 5.41. The molecule has 0 saturated carbocycles. The van der Waals surface area contributed by atoms with Crippen LogP contribution >= 0.6 is 11.3 Å². The number of benzene rings is 1. The van der Waals surface area contributed by atoms with E-state index >= 15 is 0 Å². The van der Waals surface area contributed by atoms with Crippen LogP contribution in [-0.2, 0) is 17.6 Å². The molecule has 0 aliphatic heterocycles. The Bertz CT molecular complexity index is 881. The van der Waals surface area contributed by atoms with Crippen LogP contribution in [0.15, 0.2) is 36.0 Å². The van der Waals surface area contributed by atoms with Gasteiger partial charge in [-0.1, -0.05) is 35.6 Å². The van der Waals surface area contributed by atoms with Gasteiger partial charge in [-0.25, -0.2) is 0 Å². The standard InChI is InChI=1S/C22H27N3OS/c1-14(2)26-20-12-6-9-16(13-19(20)23)21-24-25-22(27-21)18-11-5-8-15-7-3-4-10-17(15)18/h5,8-9,11,13-14,20H,3-4,6-7,10,12,23H2,1-2H3. The Morgan fingerprint density at radius 2 is 1.96 bits per heavy atom. The van der Waals surface area contributed by atoms with Gasteiger partial charge in [0, 0.05) is 16.8 Å². The van der Waals surface area contributed by atoms with E-state index in [0.717, 1.165) is 40.5 Å². The Labute approximate surface area is 165 Å². The topological polar surface area (TPSA) is 61.0 Å². The number of nitrogens with zero attached hydrogens (tertiary/aromatic N) is 2. The average molecular weight is 382 g/mol. The van der Waals surface area contributed by atoms with Crippen LogP contribution in [0.25, 0.3) is 16.1 Å². The fourth-order valence-electron chi connectivity index (χ4n) is 3.94. The summed E-state index contributed by atoms with van der Waals surface area (Å²) >= 11 is 1.66. The molecule has 4 rings (SSSR count). The summed E-state index contributed by atoms with van der Waals surface area (Å²) in [6, 6.07) is 6.59. The number of aromatic nitrogens is 2. The smallest absolute Gasteiger partial charge is 0.148 e. The SMILES string of the molecule is CC(C)OC1CCC=C(c2nnc(-c3cccc4c3CCCC4)s2)C=C1N. The van der Waals surface area contributed by atoms with Crippen LogP contribution in [0.3, 0.4) is 0 Å². The predicted octanol–water partition coefficient (Wildman–Crippen LogP) is 4.90. The quantitative estimate of drug-likeness (QED) is 0.818. The molecule has 5 heteroatoms. The maximum atomic E-state index is 6.32. The highest BCUT2D eigenvalue weighted by Crippen LogP contribution is 2.35. The molecule has 0 bridgehead atoms. The molecule has 2 N–H and O–H groups in total. The van der Waals surface area contributed by atoms with Crippen LogP contribution in [-0.4, -0.2) is 22.4 Å². The zero-order valence-corrected chi connectivity index (χ0v) is 16.9. The summed E-state index contributed by atoms with van der Waals surface area (Å²) in [7, 11) is 0. The zero-order valence-electron chi connectivity index (χ0n) is 16.1. The summed E-state index contributed by atoms with van der Waals surface area (Å²) in [4.78, 5) is 0. The van der Waals surface area contributed by atoms with Crippen LogP contribution in [0.5, 0.6) is 0 Å². The van der Waals surface area contributed by atoms with Crippen LogP contribution in [0.1, 0.15) is 55.7 Å². The maximum absolute atomic E-state index is 6.32. The molecule has 1 heterocycles. The van der Waals surface area contributed by atoms with Crippen molar-refractivity contribution in [3.05, 3.63) is 52.2 Å². The number of hydrogen-bond donors (Lipinski definition) is 1. The van der Waals surface area contributed by atoms with Crippen LogP contribution < -0.4 is 5.73 Å². The minimum atomic E-state index is -0.0210. The molecule has 1 aromatic heterocycles. The second kappa shape index (κ2) is 7.95. The molecule has 0 radical (unpaired) electrons. The van der Waals surface area contributed by atoms with Crippen LogP contribution in [0, 0.1) is 0 Å². The number of rotatable bonds is 4. The van der Waals surface area contributed by atoms with Crippen molar-refractivity contribution in [3.8, 4) is 10.6 Å². The van der Waals surface area contributed by atoms with Crippen molar-refractivity contribution < 1.29 is 4.74 Å². The van der Waals surface area contributed by atoms with Crippen molar-refractivity contribution in [2.24, 2.45) is 5.73 Å². The van der Waals surface area contributed by atoms with E-state index < -0.39 is 0 Å². The Hall–Kier alpha value is -1.98. The molecule has 2 aromatic rings. The monoisotopic (exact) mass is 381 g/mol. The van der Waals surface area contributed by atoms with E-state index in [0.29, 0.717) is 0 Å². The van der Waals surface area contributed by atoms with Gasteiger partial charge in [-0.2, -0.15) is 0 Å². The molecule has 1 aromatic carbocycles. The first-order valence-electron chi connectivity index (χ1n) is 9.89. The lowest BCUT2D eigenvalue weighted by atomic mass is 9.88. The highest BCUT2D eigenvalue weighted by atomic mass is 32.1. The summed E-state index contributed by atoms with van der Waals surface area (Å²) < 4.78 is 5.95. The van der Waals surface area contributed by atoms with Gasteiger partial charge in [-0.05, 0) is 69.6 Å². The molecule has 0 spiro atoms. The molecule has 1 atom stereocenters. The van der Waals surface area contributed by atoms with Gasteiger partial charge in [-0.15, -0.1) is 10.2 Å². The second-order valence-corrected chi connectivity index (χ2v) is 8.59. The highest BCUT2D eigenvalue weighted by molar-refractivity contribution is 7.15. The third-order valence-electron chi connectivity index (χ3n) is 5.22. The Balaban J connectivity index is 1.62. The molecule has 2 aliphatic carbocycles. The molecular formula is C22H27N3OS. The van der Waals surface area contributed by atoms with Gasteiger partial charge in [0.15, 0.2) is 0 Å². The lowest BCUT2D eigenvalue weighted by Crippen LogP contribution is -2.24. The Morgan fingerprint density at radius 1 is 1.15 bits per heavy atom. The molecule has 142 valence electrons. The normalized spacial score (nSPS) is 20.0. The molecule has 0 amide bonds. The maximum Gasteiger partial charge on any atom is 0.148 e. The van der Waals surface area contributed by atoms with Crippen molar-refractivity contribution in [2.45, 2.75) is 64.6 Å². The summed E-state index contributed by atoms with van der Waals surface area (Å²) in [6.07, 6.45) is 11.1. The molecule has 27 heavy (non-hydrogen) atoms. The van der Waals surface area contributed by atoms with E-state index in [9.17, 15) is 0 Å². The first kappa shape index (κ1) is 18.4. The van der Waals surface area contributed by atoms with Gasteiger partial charge in [0.1, 0.15) is 10.0 Å². The number of fused-ring (bicyclic) bond motifs is 1. The number of ether oxygens (including phenoxy) is 1. The third kappa shape index (κ3) is 3.99. The minimum absolute atomic E-state index is 0.0210. The number of hydrogen-bond acceptors (Lipinski definition) is 5. The third-order valence-corrected chi connectivity index (χ3v) is 6.23. The van der Waals surface area contributed by atoms with Crippen molar-refractivity contribution in [1.82, 2.24) is 10.2 Å². The highest BCUT2D eigenvalue weighted by Gasteiger charge is 2.20. The Morgan fingerprint density at radius 3 is 2.81 bits per heavy atom. The van der Waals surface area contributed by atoms with Gasteiger partial charge in [0.2, 0.25) is 0 Å². The molecule has 2 aliphatic rings. The largest absolute Gasteiger partial charge is 0.400 e. The van der Waals surface area contributed by atoms with Gasteiger partial charge in [-0.3, -0.25) is 0 Å². The van der Waals surface area contributed by atoms with E-state index in [1.54, 1.807) is 11.3 Å². The first-order valence-corrected chi connectivity index (χ1v) is 10.7. The summed E-state index contributed by atoms with van der Waals surface area (Å²) in [5, 5.41) is 11.0. The van der Waals surface area contributed by atoms with Gasteiger partial charge in [0.05, 0.1) is 12.2 Å². The van der Waals surface area contributed by atoms with E-state index in [1.807, 2.05) is 19.9 Å². The molecule has 0 fully saturated rings. The molecular weight excluding hydrogens is 354 g/mol. The van der Waals surface area contributed by atoms with E-state index in [2.05, 4.69) is 34.5 Å². The summed E-state index contributed by atoms with van der Waals surface area (Å²) in [5.41, 5.74) is 12.3. The van der Waals surface area contributed by atoms with Crippen molar-refractivity contribution in [2.75, 3.05) is 0 Å². The lowest BCUT2D eigenvalue weighted by Gasteiger charge is -2.19. The fourth-order valence-corrected chi connectivity index (χ4v) is 4.85. The molecule has 4 nitrogen and oxygen atoms in total. The van der Waals surface area contributed by atoms with E-state index in [-0.39, 0.29) is 12.2 Å². The van der Waals surface area contributed by atoms with E-state index in [4.69, 9.17) is 10.5 Å². The van der Waals surface area contributed by atoms with E-state index in [1.165, 1.54) is 36.0 Å². The fraction of sp³-hybridized carbons (Fsp3) is 0.455. The zero-order chi connectivity index (χ0) is 18.8. The van der Waals surface area contributed by atoms with Gasteiger partial charge >= 0.3 is 0 Å². The van der Waals surface area contributed by atoms with Crippen molar-refractivity contribution in [3.63, 3.8) is 0 Å². The van der Waals surface area contributed by atoms with Crippen LogP contribution in [0.2, 0.25) is 0 Å². The van der Waals surface area contributed by atoms with Crippen LogP contribution in [0.4, 0.5) is 0 Å². The number of aryl methyl sites for hydroxylation is 1. The lowest BCUT2D eigenvalue weighted by molar-refractivity contribution is 0.0246. The van der Waals surface area contributed by atoms with Crippen molar-refractivity contribution in [1.29, 1.82) is 0 Å². The van der Waals surface area contributed by atoms with Crippen molar-refractivity contribution >= 4 is 16.9 Å². The molecule has 0 saturated heterocycles. The van der Waals surface area contributed by atoms with Gasteiger partial charge in [0.25, 0.3) is 0 Å². The first-order chi connectivity index (χ1) is 13.1. The predicted molar refractivity (Wildman–Crippen MR) is 111 cm³/mol.